The van der Waals surface area contributed by atoms with Gasteiger partial charge in [-0.25, -0.2) is 13.4 Å². The monoisotopic (exact) mass is 456 g/mol. The highest BCUT2D eigenvalue weighted by molar-refractivity contribution is 7.92. The smallest absolute Gasteiger partial charge is 0.266 e. The standard InChI is InChI=1S/C21H20N4O4S2/c1-14(29-18-10-4-15(12-22)5-11-18)20(26)24-21-23-19(13-30-21)16-6-8-17(9-7-16)25(2)31(3,27)28/h4-11,13-14H,1-3H3,(H,23,24,26). The highest BCUT2D eigenvalue weighted by atomic mass is 32.2. The molecular formula is C21H20N4O4S2. The molecule has 1 amide bonds. The Morgan fingerprint density at radius 2 is 1.84 bits per heavy atom. The normalized spacial score (nSPS) is 11.9. The molecular weight excluding hydrogens is 436 g/mol. The molecule has 31 heavy (non-hydrogen) atoms. The Morgan fingerprint density at radius 3 is 2.42 bits per heavy atom. The van der Waals surface area contributed by atoms with Gasteiger partial charge in [-0.3, -0.25) is 14.4 Å². The van der Waals surface area contributed by atoms with Crippen molar-refractivity contribution in [2.24, 2.45) is 0 Å². The number of carbonyl (C=O) groups is 1. The van der Waals surface area contributed by atoms with Crippen molar-refractivity contribution in [3.8, 4) is 23.1 Å². The first kappa shape index (κ1) is 22.3. The number of thiazole rings is 1. The third kappa shape index (κ3) is 5.59. The number of anilines is 2. The molecule has 160 valence electrons. The molecule has 0 aliphatic heterocycles. The largest absolute Gasteiger partial charge is 0.481 e. The van der Waals surface area contributed by atoms with Gasteiger partial charge in [0.05, 0.1) is 29.3 Å². The van der Waals surface area contributed by atoms with Crippen LogP contribution in [0, 0.1) is 11.3 Å². The predicted octanol–water partition coefficient (Wildman–Crippen LogP) is 3.48. The molecule has 0 saturated heterocycles. The molecule has 8 nitrogen and oxygen atoms in total. The lowest BCUT2D eigenvalue weighted by atomic mass is 10.1. The number of sulfonamides is 1. The molecule has 1 heterocycles. The van der Waals surface area contributed by atoms with E-state index < -0.39 is 16.1 Å². The van der Waals surface area contributed by atoms with E-state index >= 15 is 0 Å². The van der Waals surface area contributed by atoms with Gasteiger partial charge in [0, 0.05) is 18.0 Å². The van der Waals surface area contributed by atoms with Crippen molar-refractivity contribution in [3.63, 3.8) is 0 Å². The van der Waals surface area contributed by atoms with Crippen LogP contribution in [0.15, 0.2) is 53.9 Å². The van der Waals surface area contributed by atoms with Crippen molar-refractivity contribution in [1.29, 1.82) is 5.26 Å². The summed E-state index contributed by atoms with van der Waals surface area (Å²) < 4.78 is 30.1. The number of benzene rings is 2. The van der Waals surface area contributed by atoms with Crippen LogP contribution in [0.5, 0.6) is 5.75 Å². The summed E-state index contributed by atoms with van der Waals surface area (Å²) in [4.78, 5) is 16.8. The maximum Gasteiger partial charge on any atom is 0.266 e. The third-order valence-electron chi connectivity index (χ3n) is 4.42. The quantitative estimate of drug-likeness (QED) is 0.582. The number of ether oxygens (including phenoxy) is 1. The van der Waals surface area contributed by atoms with Crippen LogP contribution in [0.1, 0.15) is 12.5 Å². The molecule has 1 unspecified atom stereocenters. The van der Waals surface area contributed by atoms with Crippen LogP contribution in [0.2, 0.25) is 0 Å². The molecule has 0 aliphatic carbocycles. The zero-order chi connectivity index (χ0) is 22.6. The molecule has 0 bridgehead atoms. The molecule has 3 rings (SSSR count). The number of aromatic nitrogens is 1. The Balaban J connectivity index is 1.63. The molecule has 1 N–H and O–H groups in total. The zero-order valence-corrected chi connectivity index (χ0v) is 18.7. The van der Waals surface area contributed by atoms with E-state index in [0.717, 1.165) is 11.8 Å². The Kier molecular flexibility index (Phi) is 6.58. The van der Waals surface area contributed by atoms with E-state index in [-0.39, 0.29) is 5.91 Å². The van der Waals surface area contributed by atoms with E-state index in [1.54, 1.807) is 60.8 Å². The van der Waals surface area contributed by atoms with Crippen LogP contribution in [0.25, 0.3) is 11.3 Å². The summed E-state index contributed by atoms with van der Waals surface area (Å²) in [5.74, 6) is 0.135. The molecule has 0 saturated carbocycles. The fraction of sp³-hybridized carbons (Fsp3) is 0.190. The minimum Gasteiger partial charge on any atom is -0.481 e. The molecule has 1 atom stereocenters. The lowest BCUT2D eigenvalue weighted by Crippen LogP contribution is -2.30. The summed E-state index contributed by atoms with van der Waals surface area (Å²) in [5.41, 5.74) is 2.51. The lowest BCUT2D eigenvalue weighted by Gasteiger charge is -2.16. The molecule has 0 fully saturated rings. The minimum absolute atomic E-state index is 0.351. The predicted molar refractivity (Wildman–Crippen MR) is 121 cm³/mol. The average molecular weight is 457 g/mol. The van der Waals surface area contributed by atoms with E-state index in [1.807, 2.05) is 6.07 Å². The SMILES string of the molecule is CC(Oc1ccc(C#N)cc1)C(=O)Nc1nc(-c2ccc(N(C)S(C)(=O)=O)cc2)cs1. The fourth-order valence-corrected chi connectivity index (χ4v) is 3.80. The Morgan fingerprint density at radius 1 is 1.19 bits per heavy atom. The molecule has 3 aromatic rings. The molecule has 1 aromatic heterocycles. The number of amides is 1. The first-order valence-electron chi connectivity index (χ1n) is 9.15. The topological polar surface area (TPSA) is 112 Å². The Labute approximate surface area is 184 Å². The van der Waals surface area contributed by atoms with Crippen LogP contribution in [0.4, 0.5) is 10.8 Å². The van der Waals surface area contributed by atoms with Crippen LogP contribution in [-0.4, -0.2) is 38.7 Å². The summed E-state index contributed by atoms with van der Waals surface area (Å²) in [6.45, 7) is 1.62. The zero-order valence-electron chi connectivity index (χ0n) is 17.1. The summed E-state index contributed by atoms with van der Waals surface area (Å²) in [7, 11) is -1.84. The first-order valence-corrected chi connectivity index (χ1v) is 11.9. The minimum atomic E-state index is -3.33. The molecule has 0 spiro atoms. The van der Waals surface area contributed by atoms with Crippen molar-refractivity contribution in [2.45, 2.75) is 13.0 Å². The molecule has 10 heteroatoms. The number of nitrogens with one attached hydrogen (secondary N) is 1. The third-order valence-corrected chi connectivity index (χ3v) is 6.39. The highest BCUT2D eigenvalue weighted by Gasteiger charge is 2.17. The van der Waals surface area contributed by atoms with E-state index in [1.165, 1.54) is 22.7 Å². The number of hydrogen-bond donors (Lipinski definition) is 1. The highest BCUT2D eigenvalue weighted by Crippen LogP contribution is 2.27. The molecule has 2 aromatic carbocycles. The number of nitriles is 1. The van der Waals surface area contributed by atoms with Gasteiger partial charge in [0.1, 0.15) is 5.75 Å². The second-order valence-electron chi connectivity index (χ2n) is 6.70. The van der Waals surface area contributed by atoms with Gasteiger partial charge in [-0.05, 0) is 43.3 Å². The van der Waals surface area contributed by atoms with Gasteiger partial charge in [0.25, 0.3) is 5.91 Å². The summed E-state index contributed by atoms with van der Waals surface area (Å²) in [5, 5.41) is 13.8. The van der Waals surface area contributed by atoms with Gasteiger partial charge in [0.2, 0.25) is 10.0 Å². The van der Waals surface area contributed by atoms with Crippen LogP contribution in [0.3, 0.4) is 0 Å². The number of rotatable bonds is 7. The van der Waals surface area contributed by atoms with Crippen molar-refractivity contribution in [1.82, 2.24) is 4.98 Å². The van der Waals surface area contributed by atoms with Crippen LogP contribution >= 0.6 is 11.3 Å². The molecule has 0 radical (unpaired) electrons. The van der Waals surface area contributed by atoms with Gasteiger partial charge in [-0.1, -0.05) is 12.1 Å². The van der Waals surface area contributed by atoms with E-state index in [9.17, 15) is 13.2 Å². The van der Waals surface area contributed by atoms with Crippen LogP contribution < -0.4 is 14.4 Å². The van der Waals surface area contributed by atoms with Gasteiger partial charge < -0.3 is 4.74 Å². The number of nitrogens with zero attached hydrogens (tertiary/aromatic N) is 3. The van der Waals surface area contributed by atoms with E-state index in [0.29, 0.717) is 27.8 Å². The number of carbonyl (C=O) groups excluding carboxylic acids is 1. The van der Waals surface area contributed by atoms with Gasteiger partial charge in [-0.2, -0.15) is 5.26 Å². The van der Waals surface area contributed by atoms with Crippen molar-refractivity contribution in [3.05, 3.63) is 59.5 Å². The van der Waals surface area contributed by atoms with Gasteiger partial charge >= 0.3 is 0 Å². The maximum absolute atomic E-state index is 12.4. The second-order valence-corrected chi connectivity index (χ2v) is 9.57. The fourth-order valence-electron chi connectivity index (χ4n) is 2.57. The van der Waals surface area contributed by atoms with Crippen molar-refractivity contribution < 1.29 is 17.9 Å². The van der Waals surface area contributed by atoms with Crippen LogP contribution in [-0.2, 0) is 14.8 Å². The first-order chi connectivity index (χ1) is 14.7. The summed E-state index contributed by atoms with van der Waals surface area (Å²) >= 11 is 1.28. The summed E-state index contributed by atoms with van der Waals surface area (Å²) in [6, 6.07) is 15.5. The van der Waals surface area contributed by atoms with Crippen molar-refractivity contribution >= 4 is 38.1 Å². The van der Waals surface area contributed by atoms with Gasteiger partial charge in [0.15, 0.2) is 11.2 Å². The molecule has 0 aliphatic rings. The van der Waals surface area contributed by atoms with Crippen molar-refractivity contribution in [2.75, 3.05) is 22.9 Å². The second kappa shape index (κ2) is 9.16. The maximum atomic E-state index is 12.4. The number of hydrogen-bond acceptors (Lipinski definition) is 7. The van der Waals surface area contributed by atoms with Gasteiger partial charge in [-0.15, -0.1) is 11.3 Å². The van der Waals surface area contributed by atoms with E-state index in [2.05, 4.69) is 10.3 Å². The Hall–Kier alpha value is -3.42. The lowest BCUT2D eigenvalue weighted by molar-refractivity contribution is -0.122. The Bertz CT molecular complexity index is 1210. The summed E-state index contributed by atoms with van der Waals surface area (Å²) in [6.07, 6.45) is 0.383. The van der Waals surface area contributed by atoms with E-state index in [4.69, 9.17) is 10.00 Å². The average Bonchev–Trinajstić information content (AvgIpc) is 3.21.